The zero-order chi connectivity index (χ0) is 30.2. The van der Waals surface area contributed by atoms with Gasteiger partial charge in [0.2, 0.25) is 0 Å². The fraction of sp³-hybridized carbons (Fsp3) is 0.622. The summed E-state index contributed by atoms with van der Waals surface area (Å²) in [6.07, 6.45) is 15.7. The third kappa shape index (κ3) is 12.2. The number of carbonyl (C=O) groups is 2. The number of rotatable bonds is 9. The van der Waals surface area contributed by atoms with Crippen molar-refractivity contribution in [3.63, 3.8) is 0 Å². The molecule has 2 aromatic rings. The number of Topliss-reactive ketones (excluding diaryl/α,β-unsaturated/α-hetero) is 2. The predicted octanol–water partition coefficient (Wildman–Crippen LogP) is 9.61. The van der Waals surface area contributed by atoms with E-state index in [-0.39, 0.29) is 16.7 Å². The molecule has 1 aliphatic carbocycles. The number of carbonyl (C=O) groups excluding carboxylic acids is 2. The van der Waals surface area contributed by atoms with E-state index in [9.17, 15) is 9.59 Å². The van der Waals surface area contributed by atoms with Gasteiger partial charge in [0.1, 0.15) is 0 Å². The lowest BCUT2D eigenvalue weighted by molar-refractivity contribution is -0.124. The van der Waals surface area contributed by atoms with Crippen LogP contribution in [0.5, 0.6) is 0 Å². The Morgan fingerprint density at radius 3 is 1.37 bits per heavy atom. The molecule has 1 saturated carbocycles. The van der Waals surface area contributed by atoms with E-state index in [0.29, 0.717) is 18.6 Å². The second-order valence-corrected chi connectivity index (χ2v) is 13.2. The highest BCUT2D eigenvalue weighted by atomic mass is 79.9. The van der Waals surface area contributed by atoms with Gasteiger partial charge >= 0.3 is 0 Å². The van der Waals surface area contributed by atoms with Crippen LogP contribution in [0.4, 0.5) is 0 Å². The van der Waals surface area contributed by atoms with Crippen molar-refractivity contribution in [1.29, 1.82) is 0 Å². The van der Waals surface area contributed by atoms with E-state index in [2.05, 4.69) is 85.8 Å². The molecule has 0 N–H and O–H groups in total. The van der Waals surface area contributed by atoms with Crippen molar-refractivity contribution in [2.75, 3.05) is 13.1 Å². The number of likely N-dealkylation sites (tertiary alicyclic amines) is 1. The van der Waals surface area contributed by atoms with Crippen molar-refractivity contribution in [2.45, 2.75) is 136 Å². The Hall–Kier alpha value is -1.78. The zero-order valence-electron chi connectivity index (χ0n) is 26.9. The van der Waals surface area contributed by atoms with E-state index < -0.39 is 0 Å². The van der Waals surface area contributed by atoms with Gasteiger partial charge in [-0.2, -0.15) is 0 Å². The molecule has 41 heavy (non-hydrogen) atoms. The number of alkyl halides is 1. The Morgan fingerprint density at radius 2 is 1.00 bits per heavy atom. The molecule has 0 amide bonds. The summed E-state index contributed by atoms with van der Waals surface area (Å²) in [5.74, 6) is 0.668. The number of hydrogen-bond acceptors (Lipinski definition) is 3. The first-order valence-electron chi connectivity index (χ1n) is 16.2. The Kier molecular flexibility index (Phi) is 16.8. The van der Waals surface area contributed by atoms with Crippen LogP contribution < -0.4 is 0 Å². The fourth-order valence-electron chi connectivity index (χ4n) is 6.04. The topological polar surface area (TPSA) is 37.4 Å². The number of nitrogens with zero attached hydrogens (tertiary/aromatic N) is 1. The molecule has 1 saturated heterocycles. The number of halogens is 1. The van der Waals surface area contributed by atoms with Crippen molar-refractivity contribution in [2.24, 2.45) is 0 Å². The molecule has 4 heteroatoms. The molecule has 1 heterocycles. The largest absolute Gasteiger partial charge is 0.298 e. The van der Waals surface area contributed by atoms with Crippen LogP contribution >= 0.6 is 15.9 Å². The first kappa shape index (κ1) is 35.4. The molecule has 2 fully saturated rings. The second-order valence-electron chi connectivity index (χ2n) is 12.0. The van der Waals surface area contributed by atoms with Crippen molar-refractivity contribution in [3.8, 4) is 0 Å². The van der Waals surface area contributed by atoms with Crippen LogP contribution in [0.25, 0.3) is 0 Å². The van der Waals surface area contributed by atoms with Crippen LogP contribution in [0.2, 0.25) is 0 Å². The Labute approximate surface area is 260 Å². The molecule has 4 rings (SSSR count). The second kappa shape index (κ2) is 19.4. The summed E-state index contributed by atoms with van der Waals surface area (Å²) < 4.78 is 0. The molecule has 0 bridgehead atoms. The van der Waals surface area contributed by atoms with Crippen LogP contribution in [-0.2, 0) is 22.4 Å². The van der Waals surface area contributed by atoms with E-state index in [1.807, 2.05) is 13.0 Å². The summed E-state index contributed by atoms with van der Waals surface area (Å²) >= 11 is 3.40. The van der Waals surface area contributed by atoms with Gasteiger partial charge in [-0.25, -0.2) is 0 Å². The molecule has 2 aliphatic rings. The summed E-state index contributed by atoms with van der Waals surface area (Å²) in [5, 5.41) is 0. The molecule has 3 nitrogen and oxygen atoms in total. The molecule has 0 spiro atoms. The molecule has 2 atom stereocenters. The van der Waals surface area contributed by atoms with E-state index in [0.717, 1.165) is 25.9 Å². The van der Waals surface area contributed by atoms with Crippen LogP contribution in [0.15, 0.2) is 36.4 Å². The van der Waals surface area contributed by atoms with E-state index in [4.69, 9.17) is 0 Å². The number of benzene rings is 2. The smallest absolute Gasteiger partial charge is 0.154 e. The molecular weight excluding hydrogens is 570 g/mol. The molecule has 0 aromatic heterocycles. The highest BCUT2D eigenvalue weighted by Crippen LogP contribution is 2.20. The third-order valence-electron chi connectivity index (χ3n) is 8.79. The van der Waals surface area contributed by atoms with Gasteiger partial charge in [0.15, 0.2) is 11.6 Å². The van der Waals surface area contributed by atoms with Crippen LogP contribution in [-0.4, -0.2) is 40.4 Å². The van der Waals surface area contributed by atoms with E-state index in [1.165, 1.54) is 91.2 Å². The van der Waals surface area contributed by atoms with Gasteiger partial charge in [-0.3, -0.25) is 14.5 Å². The molecule has 228 valence electrons. The molecule has 0 radical (unpaired) electrons. The van der Waals surface area contributed by atoms with Crippen LogP contribution in [0, 0.1) is 27.7 Å². The minimum Gasteiger partial charge on any atom is -0.298 e. The maximum atomic E-state index is 12.7. The summed E-state index contributed by atoms with van der Waals surface area (Å²) in [6, 6.07) is 12.6. The third-order valence-corrected chi connectivity index (χ3v) is 9.95. The molecular formula is C37H56BrNO2. The lowest BCUT2D eigenvalue weighted by Crippen LogP contribution is -2.44. The van der Waals surface area contributed by atoms with Crippen LogP contribution in [0.3, 0.4) is 0 Å². The van der Waals surface area contributed by atoms with Gasteiger partial charge in [-0.1, -0.05) is 111 Å². The Bertz CT molecular complexity index is 1020. The summed E-state index contributed by atoms with van der Waals surface area (Å²) in [6.45, 7) is 14.7. The molecule has 1 aliphatic heterocycles. The lowest BCUT2D eigenvalue weighted by Gasteiger charge is -2.33. The van der Waals surface area contributed by atoms with Gasteiger partial charge in [0, 0.05) is 12.8 Å². The van der Waals surface area contributed by atoms with E-state index >= 15 is 0 Å². The summed E-state index contributed by atoms with van der Waals surface area (Å²) in [4.78, 5) is 26.9. The minimum absolute atomic E-state index is 0.00324. The number of aryl methyl sites for hydroxylation is 4. The minimum atomic E-state index is -0.00324. The lowest BCUT2D eigenvalue weighted by atomic mass is 9.93. The number of hydrogen-bond donors (Lipinski definition) is 0. The average molecular weight is 627 g/mol. The summed E-state index contributed by atoms with van der Waals surface area (Å²) in [5.41, 5.74) is 7.31. The number of piperidine rings is 1. The van der Waals surface area contributed by atoms with Gasteiger partial charge in [-0.15, -0.1) is 0 Å². The zero-order valence-corrected chi connectivity index (χ0v) is 28.5. The maximum absolute atomic E-state index is 12.7. The van der Waals surface area contributed by atoms with Gasteiger partial charge in [0.05, 0.1) is 10.9 Å². The standard InChI is InChI=1S/C18H27NO.C13H17BrO.C6H12/c1-4-17(19-11-6-5-7-12-19)18(20)13-16-14(2)9-8-10-15(16)3;1-4-12(14)13(15)8-11-9(2)6-5-7-10(11)3;1-2-4-6-5-3-1/h8-10,17H,4-7,11-13H2,1-3H3;5-7,12H,4,8H2,1-3H3;1-6H2. The van der Waals surface area contributed by atoms with Crippen molar-refractivity contribution in [3.05, 3.63) is 69.8 Å². The van der Waals surface area contributed by atoms with Crippen molar-refractivity contribution in [1.82, 2.24) is 4.90 Å². The maximum Gasteiger partial charge on any atom is 0.154 e. The van der Waals surface area contributed by atoms with Crippen molar-refractivity contribution >= 4 is 27.5 Å². The van der Waals surface area contributed by atoms with Crippen LogP contribution in [0.1, 0.15) is 118 Å². The SMILES string of the molecule is C1CCCCC1.CCC(Br)C(=O)Cc1c(C)cccc1C.CCC(C(=O)Cc1c(C)cccc1C)N1CCCCC1. The predicted molar refractivity (Wildman–Crippen MR) is 179 cm³/mol. The first-order valence-corrected chi connectivity index (χ1v) is 17.1. The van der Waals surface area contributed by atoms with E-state index in [1.54, 1.807) is 0 Å². The molecule has 2 unspecified atom stereocenters. The highest BCUT2D eigenvalue weighted by molar-refractivity contribution is 9.10. The average Bonchev–Trinajstić information content (AvgIpc) is 2.99. The molecule has 2 aromatic carbocycles. The highest BCUT2D eigenvalue weighted by Gasteiger charge is 2.26. The van der Waals surface area contributed by atoms with Gasteiger partial charge in [-0.05, 0) is 99.8 Å². The van der Waals surface area contributed by atoms with Gasteiger partial charge < -0.3 is 0 Å². The fourth-order valence-corrected chi connectivity index (χ4v) is 6.20. The van der Waals surface area contributed by atoms with Crippen molar-refractivity contribution < 1.29 is 9.59 Å². The van der Waals surface area contributed by atoms with Gasteiger partial charge in [0.25, 0.3) is 0 Å². The quantitative estimate of drug-likeness (QED) is 0.260. The monoisotopic (exact) mass is 625 g/mol. The Balaban J connectivity index is 0.000000245. The first-order chi connectivity index (χ1) is 19.7. The Morgan fingerprint density at radius 1 is 0.634 bits per heavy atom. The summed E-state index contributed by atoms with van der Waals surface area (Å²) in [7, 11) is 0. The normalized spacial score (nSPS) is 16.9. The number of ketones is 2.